The fourth-order valence-corrected chi connectivity index (χ4v) is 1.84. The highest BCUT2D eigenvalue weighted by atomic mass is 35.5. The number of hydrogen-bond donors (Lipinski definition) is 1. The molecular formula is C12H14ClNO2. The molecule has 2 aromatic rings. The van der Waals surface area contributed by atoms with Crippen molar-refractivity contribution in [3.8, 4) is 0 Å². The van der Waals surface area contributed by atoms with E-state index >= 15 is 0 Å². The second kappa shape index (κ2) is 5.23. The van der Waals surface area contributed by atoms with Gasteiger partial charge in [-0.25, -0.2) is 0 Å². The van der Waals surface area contributed by atoms with Crippen LogP contribution >= 0.6 is 11.6 Å². The van der Waals surface area contributed by atoms with Crippen LogP contribution in [-0.4, -0.2) is 6.54 Å². The van der Waals surface area contributed by atoms with Crippen molar-refractivity contribution in [1.82, 2.24) is 5.32 Å². The number of halogens is 1. The first-order chi connectivity index (χ1) is 7.83. The van der Waals surface area contributed by atoms with Gasteiger partial charge in [0.1, 0.15) is 5.76 Å². The molecule has 0 aliphatic heterocycles. The van der Waals surface area contributed by atoms with Crippen molar-refractivity contribution in [2.45, 2.75) is 19.4 Å². The maximum Gasteiger partial charge on any atom is 0.198 e. The molecule has 0 saturated heterocycles. The second-order valence-electron chi connectivity index (χ2n) is 3.55. The summed E-state index contributed by atoms with van der Waals surface area (Å²) in [4.78, 5) is 0. The van der Waals surface area contributed by atoms with E-state index in [-0.39, 0.29) is 6.04 Å². The molecule has 4 heteroatoms. The van der Waals surface area contributed by atoms with E-state index in [2.05, 4.69) is 12.2 Å². The third-order valence-corrected chi connectivity index (χ3v) is 2.69. The zero-order valence-corrected chi connectivity index (χ0v) is 9.83. The van der Waals surface area contributed by atoms with Crippen molar-refractivity contribution >= 4 is 11.6 Å². The van der Waals surface area contributed by atoms with E-state index in [4.69, 9.17) is 20.4 Å². The number of nitrogens with one attached hydrogen (secondary N) is 1. The fourth-order valence-electron chi connectivity index (χ4n) is 1.62. The van der Waals surface area contributed by atoms with E-state index in [9.17, 15) is 0 Å². The van der Waals surface area contributed by atoms with Gasteiger partial charge in [-0.05, 0) is 42.8 Å². The van der Waals surface area contributed by atoms with E-state index in [0.717, 1.165) is 24.3 Å². The van der Waals surface area contributed by atoms with Crippen LogP contribution in [0.25, 0.3) is 0 Å². The van der Waals surface area contributed by atoms with Gasteiger partial charge in [0, 0.05) is 5.56 Å². The van der Waals surface area contributed by atoms with Gasteiger partial charge in [-0.15, -0.1) is 0 Å². The Hall–Kier alpha value is -1.19. The van der Waals surface area contributed by atoms with Gasteiger partial charge in [-0.3, -0.25) is 0 Å². The highest BCUT2D eigenvalue weighted by Crippen LogP contribution is 2.29. The van der Waals surface area contributed by atoms with Crippen LogP contribution in [0.3, 0.4) is 0 Å². The van der Waals surface area contributed by atoms with Gasteiger partial charge in [0.25, 0.3) is 0 Å². The molecule has 1 atom stereocenters. The van der Waals surface area contributed by atoms with E-state index < -0.39 is 0 Å². The predicted molar refractivity (Wildman–Crippen MR) is 62.6 cm³/mol. The molecule has 0 fully saturated rings. The second-order valence-corrected chi connectivity index (χ2v) is 3.90. The molecule has 0 spiro atoms. The summed E-state index contributed by atoms with van der Waals surface area (Å²) in [6, 6.07) is 5.61. The Morgan fingerprint density at radius 1 is 1.31 bits per heavy atom. The minimum absolute atomic E-state index is 0.0406. The average Bonchev–Trinajstić information content (AvgIpc) is 2.91. The molecule has 0 amide bonds. The molecule has 0 aromatic carbocycles. The van der Waals surface area contributed by atoms with Crippen molar-refractivity contribution in [2.75, 3.05) is 6.54 Å². The Bertz CT molecular complexity index is 422. The van der Waals surface area contributed by atoms with Crippen LogP contribution in [0.4, 0.5) is 0 Å². The summed E-state index contributed by atoms with van der Waals surface area (Å²) in [7, 11) is 0. The van der Waals surface area contributed by atoms with Crippen molar-refractivity contribution in [1.29, 1.82) is 0 Å². The molecule has 2 rings (SSSR count). The van der Waals surface area contributed by atoms with E-state index in [1.807, 2.05) is 18.2 Å². The third-order valence-electron chi connectivity index (χ3n) is 2.38. The van der Waals surface area contributed by atoms with Crippen LogP contribution in [-0.2, 0) is 0 Å². The minimum Gasteiger partial charge on any atom is -0.467 e. The molecule has 16 heavy (non-hydrogen) atoms. The van der Waals surface area contributed by atoms with E-state index in [0.29, 0.717) is 5.22 Å². The molecule has 0 radical (unpaired) electrons. The summed E-state index contributed by atoms with van der Waals surface area (Å²) in [5, 5.41) is 3.78. The molecule has 2 heterocycles. The molecule has 1 unspecified atom stereocenters. The monoisotopic (exact) mass is 239 g/mol. The van der Waals surface area contributed by atoms with Crippen LogP contribution in [0, 0.1) is 0 Å². The van der Waals surface area contributed by atoms with Crippen molar-refractivity contribution in [3.05, 3.63) is 47.3 Å². The first-order valence-corrected chi connectivity index (χ1v) is 5.70. The van der Waals surface area contributed by atoms with Crippen LogP contribution < -0.4 is 5.32 Å². The lowest BCUT2D eigenvalue weighted by Gasteiger charge is -2.14. The van der Waals surface area contributed by atoms with Gasteiger partial charge in [0.15, 0.2) is 5.22 Å². The summed E-state index contributed by atoms with van der Waals surface area (Å²) < 4.78 is 10.5. The van der Waals surface area contributed by atoms with Gasteiger partial charge in [-0.2, -0.15) is 0 Å². The predicted octanol–water partition coefficient (Wildman–Crippen LogP) is 3.62. The highest BCUT2D eigenvalue weighted by Gasteiger charge is 2.20. The van der Waals surface area contributed by atoms with Crippen molar-refractivity contribution in [2.24, 2.45) is 0 Å². The molecule has 86 valence electrons. The molecule has 0 aliphatic carbocycles. The zero-order valence-electron chi connectivity index (χ0n) is 9.07. The highest BCUT2D eigenvalue weighted by molar-refractivity contribution is 6.29. The average molecular weight is 240 g/mol. The van der Waals surface area contributed by atoms with Crippen LogP contribution in [0.2, 0.25) is 5.22 Å². The summed E-state index contributed by atoms with van der Waals surface area (Å²) in [6.07, 6.45) is 4.29. The van der Waals surface area contributed by atoms with Gasteiger partial charge in [0.05, 0.1) is 18.6 Å². The van der Waals surface area contributed by atoms with Gasteiger partial charge in [-0.1, -0.05) is 6.92 Å². The Balaban J connectivity index is 2.25. The summed E-state index contributed by atoms with van der Waals surface area (Å²) in [5.41, 5.74) is 0.907. The Kier molecular flexibility index (Phi) is 3.70. The molecule has 1 N–H and O–H groups in total. The summed E-state index contributed by atoms with van der Waals surface area (Å²) in [5.74, 6) is 0.844. The van der Waals surface area contributed by atoms with Gasteiger partial charge < -0.3 is 14.2 Å². The number of furan rings is 2. The minimum atomic E-state index is -0.0406. The third kappa shape index (κ3) is 2.31. The summed E-state index contributed by atoms with van der Waals surface area (Å²) >= 11 is 5.98. The first kappa shape index (κ1) is 11.3. The maximum absolute atomic E-state index is 5.98. The fraction of sp³-hybridized carbons (Fsp3) is 0.333. The first-order valence-electron chi connectivity index (χ1n) is 5.32. The van der Waals surface area contributed by atoms with Crippen molar-refractivity contribution < 1.29 is 8.83 Å². The SMILES string of the molecule is CCCNC(c1ccco1)c1ccoc1Cl. The van der Waals surface area contributed by atoms with Gasteiger partial charge in [0.2, 0.25) is 0 Å². The van der Waals surface area contributed by atoms with E-state index in [1.165, 1.54) is 0 Å². The standard InChI is InChI=1S/C12H14ClNO2/c1-2-6-14-11(10-4-3-7-15-10)9-5-8-16-12(9)13/h3-5,7-8,11,14H,2,6H2,1H3. The van der Waals surface area contributed by atoms with Gasteiger partial charge >= 0.3 is 0 Å². The van der Waals surface area contributed by atoms with Crippen LogP contribution in [0.5, 0.6) is 0 Å². The Morgan fingerprint density at radius 3 is 2.75 bits per heavy atom. The quantitative estimate of drug-likeness (QED) is 0.866. The maximum atomic E-state index is 5.98. The number of hydrogen-bond acceptors (Lipinski definition) is 3. The largest absolute Gasteiger partial charge is 0.467 e. The van der Waals surface area contributed by atoms with Crippen LogP contribution in [0.15, 0.2) is 39.6 Å². The Labute approximate surface area is 99.4 Å². The molecule has 3 nitrogen and oxygen atoms in total. The molecular weight excluding hydrogens is 226 g/mol. The Morgan fingerprint density at radius 2 is 2.19 bits per heavy atom. The van der Waals surface area contributed by atoms with Crippen molar-refractivity contribution in [3.63, 3.8) is 0 Å². The summed E-state index contributed by atoms with van der Waals surface area (Å²) in [6.45, 7) is 3.01. The van der Waals surface area contributed by atoms with Crippen LogP contribution in [0.1, 0.15) is 30.7 Å². The topological polar surface area (TPSA) is 38.3 Å². The molecule has 0 saturated carbocycles. The number of rotatable bonds is 5. The normalized spacial score (nSPS) is 12.9. The molecule has 2 aromatic heterocycles. The molecule has 0 aliphatic rings. The lowest BCUT2D eigenvalue weighted by Crippen LogP contribution is -2.22. The lowest BCUT2D eigenvalue weighted by molar-refractivity contribution is 0.443. The zero-order chi connectivity index (χ0) is 11.4. The smallest absolute Gasteiger partial charge is 0.198 e. The lowest BCUT2D eigenvalue weighted by atomic mass is 10.1. The van der Waals surface area contributed by atoms with E-state index in [1.54, 1.807) is 12.5 Å². The molecule has 0 bridgehead atoms.